The van der Waals surface area contributed by atoms with Gasteiger partial charge in [0.1, 0.15) is 6.10 Å². The van der Waals surface area contributed by atoms with Gasteiger partial charge >= 0.3 is 0 Å². The Morgan fingerprint density at radius 3 is 2.08 bits per heavy atom. The largest absolute Gasteiger partial charge is 0.384 e. The minimum Gasteiger partial charge on any atom is -0.384 e. The second-order valence-corrected chi connectivity index (χ2v) is 4.01. The van der Waals surface area contributed by atoms with Crippen LogP contribution in [0.25, 0.3) is 0 Å². The van der Waals surface area contributed by atoms with E-state index in [4.69, 9.17) is 0 Å². The van der Waals surface area contributed by atoms with E-state index in [1.165, 1.54) is 0 Å². The van der Waals surface area contributed by atoms with E-state index in [2.05, 4.69) is 6.92 Å². The molecule has 0 saturated carbocycles. The molecule has 0 aromatic rings. The third-order valence-corrected chi connectivity index (χ3v) is 2.24. The zero-order valence-electron chi connectivity index (χ0n) is 8.62. The first-order valence-electron chi connectivity index (χ1n) is 4.60. The fourth-order valence-corrected chi connectivity index (χ4v) is 1.28. The molecule has 2 atom stereocenters. The standard InChI is InChI=1S/C9H22NO2/c1-5-6-7-10(3,4)9(12)8(2)11/h8-9,11-12H,5-7H2,1-4H3/q+1. The molecule has 0 aromatic heterocycles. The zero-order valence-corrected chi connectivity index (χ0v) is 8.62. The molecule has 0 aliphatic rings. The monoisotopic (exact) mass is 176 g/mol. The third kappa shape index (κ3) is 3.52. The van der Waals surface area contributed by atoms with Gasteiger partial charge in [-0.2, -0.15) is 0 Å². The summed E-state index contributed by atoms with van der Waals surface area (Å²) in [6, 6.07) is 0. The van der Waals surface area contributed by atoms with E-state index in [-0.39, 0.29) is 0 Å². The first-order valence-corrected chi connectivity index (χ1v) is 4.60. The Hall–Kier alpha value is -0.120. The molecule has 0 aliphatic carbocycles. The van der Waals surface area contributed by atoms with E-state index in [0.29, 0.717) is 4.48 Å². The zero-order chi connectivity index (χ0) is 9.78. The van der Waals surface area contributed by atoms with E-state index >= 15 is 0 Å². The molecular weight excluding hydrogens is 154 g/mol. The molecule has 3 nitrogen and oxygen atoms in total. The van der Waals surface area contributed by atoms with E-state index in [0.717, 1.165) is 19.4 Å². The van der Waals surface area contributed by atoms with Crippen molar-refractivity contribution in [3.05, 3.63) is 0 Å². The van der Waals surface area contributed by atoms with Gasteiger partial charge in [-0.15, -0.1) is 0 Å². The molecule has 0 bridgehead atoms. The molecule has 2 N–H and O–H groups in total. The summed E-state index contributed by atoms with van der Waals surface area (Å²) in [7, 11) is 3.88. The first-order chi connectivity index (χ1) is 5.41. The third-order valence-electron chi connectivity index (χ3n) is 2.24. The molecule has 74 valence electrons. The molecule has 0 rings (SSSR count). The Labute approximate surface area is 75.2 Å². The van der Waals surface area contributed by atoms with E-state index in [1.54, 1.807) is 6.92 Å². The number of aliphatic hydroxyl groups is 2. The van der Waals surface area contributed by atoms with Gasteiger partial charge in [0, 0.05) is 0 Å². The van der Waals surface area contributed by atoms with Gasteiger partial charge in [-0.25, -0.2) is 0 Å². The summed E-state index contributed by atoms with van der Waals surface area (Å²) in [5.74, 6) is 0. The van der Waals surface area contributed by atoms with Crippen LogP contribution in [0, 0.1) is 0 Å². The minimum absolute atomic E-state index is 0.478. The van der Waals surface area contributed by atoms with Crippen LogP contribution < -0.4 is 0 Å². The molecule has 0 radical (unpaired) electrons. The van der Waals surface area contributed by atoms with Gasteiger partial charge in [-0.1, -0.05) is 13.3 Å². The van der Waals surface area contributed by atoms with Crippen LogP contribution in [0.4, 0.5) is 0 Å². The maximum Gasteiger partial charge on any atom is 0.216 e. The Balaban J connectivity index is 3.99. The number of nitrogens with zero attached hydrogens (tertiary/aromatic N) is 1. The number of hydrogen-bond acceptors (Lipinski definition) is 2. The molecular formula is C9H22NO2+. The average Bonchev–Trinajstić information content (AvgIpc) is 1.99. The van der Waals surface area contributed by atoms with Gasteiger partial charge in [0.25, 0.3) is 0 Å². The molecule has 3 heteroatoms. The van der Waals surface area contributed by atoms with Gasteiger partial charge in [0.2, 0.25) is 6.23 Å². The lowest BCUT2D eigenvalue weighted by Crippen LogP contribution is -2.54. The highest BCUT2D eigenvalue weighted by molar-refractivity contribution is 4.50. The van der Waals surface area contributed by atoms with Crippen LogP contribution in [-0.4, -0.2) is 47.7 Å². The summed E-state index contributed by atoms with van der Waals surface area (Å²) in [5, 5.41) is 18.8. The van der Waals surface area contributed by atoms with Crippen molar-refractivity contribution < 1.29 is 14.7 Å². The van der Waals surface area contributed by atoms with Gasteiger partial charge in [0.15, 0.2) is 0 Å². The van der Waals surface area contributed by atoms with Crippen LogP contribution >= 0.6 is 0 Å². The molecule has 2 unspecified atom stereocenters. The average molecular weight is 176 g/mol. The van der Waals surface area contributed by atoms with Gasteiger partial charge in [0.05, 0.1) is 20.6 Å². The van der Waals surface area contributed by atoms with Crippen molar-refractivity contribution in [3.63, 3.8) is 0 Å². The molecule has 0 aromatic carbocycles. The quantitative estimate of drug-likeness (QED) is 0.475. The normalized spacial score (nSPS) is 17.5. The Kier molecular flexibility index (Phi) is 4.75. The minimum atomic E-state index is -0.670. The summed E-state index contributed by atoms with van der Waals surface area (Å²) in [6.07, 6.45) is 0.874. The molecule has 0 aliphatic heterocycles. The fourth-order valence-electron chi connectivity index (χ4n) is 1.28. The van der Waals surface area contributed by atoms with Gasteiger partial charge < -0.3 is 14.7 Å². The predicted octanol–water partition coefficient (Wildman–Crippen LogP) is 0.562. The lowest BCUT2D eigenvalue weighted by atomic mass is 10.2. The predicted molar refractivity (Wildman–Crippen MR) is 49.6 cm³/mol. The highest BCUT2D eigenvalue weighted by Gasteiger charge is 2.29. The summed E-state index contributed by atoms with van der Waals surface area (Å²) in [5.41, 5.74) is 0. The van der Waals surface area contributed by atoms with Crippen molar-refractivity contribution in [1.29, 1.82) is 0 Å². The maximum absolute atomic E-state index is 9.60. The molecule has 0 amide bonds. The smallest absolute Gasteiger partial charge is 0.216 e. The number of aliphatic hydroxyl groups excluding tert-OH is 2. The van der Waals surface area contributed by atoms with Crippen LogP contribution in [0.5, 0.6) is 0 Å². The highest BCUT2D eigenvalue weighted by atomic mass is 16.3. The SMILES string of the molecule is CCCC[N+](C)(C)C(O)C(C)O. The van der Waals surface area contributed by atoms with Crippen LogP contribution in [0.2, 0.25) is 0 Å². The lowest BCUT2D eigenvalue weighted by molar-refractivity contribution is -0.940. The number of unbranched alkanes of at least 4 members (excludes halogenated alkanes) is 1. The Morgan fingerprint density at radius 2 is 1.75 bits per heavy atom. The van der Waals surface area contributed by atoms with Crippen molar-refractivity contribution in [2.75, 3.05) is 20.6 Å². The van der Waals surface area contributed by atoms with Crippen LogP contribution in [0.3, 0.4) is 0 Å². The molecule has 12 heavy (non-hydrogen) atoms. The summed E-state index contributed by atoms with van der Waals surface area (Å²) in [6.45, 7) is 4.65. The van der Waals surface area contributed by atoms with Crippen molar-refractivity contribution in [1.82, 2.24) is 0 Å². The van der Waals surface area contributed by atoms with Gasteiger partial charge in [-0.3, -0.25) is 0 Å². The summed E-state index contributed by atoms with van der Waals surface area (Å²) < 4.78 is 0.478. The highest BCUT2D eigenvalue weighted by Crippen LogP contribution is 2.09. The Bertz CT molecular complexity index is 124. The number of rotatable bonds is 5. The maximum atomic E-state index is 9.60. The van der Waals surface area contributed by atoms with Crippen molar-refractivity contribution in [2.45, 2.75) is 39.0 Å². The van der Waals surface area contributed by atoms with E-state index in [1.807, 2.05) is 14.1 Å². The number of hydrogen-bond donors (Lipinski definition) is 2. The first kappa shape index (κ1) is 11.9. The molecule has 0 heterocycles. The summed E-state index contributed by atoms with van der Waals surface area (Å²) >= 11 is 0. The van der Waals surface area contributed by atoms with Crippen LogP contribution in [0.15, 0.2) is 0 Å². The van der Waals surface area contributed by atoms with Gasteiger partial charge in [-0.05, 0) is 13.3 Å². The van der Waals surface area contributed by atoms with Crippen molar-refractivity contribution in [3.8, 4) is 0 Å². The number of quaternary nitrogens is 1. The fraction of sp³-hybridized carbons (Fsp3) is 1.00. The Morgan fingerprint density at radius 1 is 1.25 bits per heavy atom. The van der Waals surface area contributed by atoms with Crippen LogP contribution in [-0.2, 0) is 0 Å². The van der Waals surface area contributed by atoms with E-state index in [9.17, 15) is 10.2 Å². The lowest BCUT2D eigenvalue weighted by Gasteiger charge is -2.35. The topological polar surface area (TPSA) is 40.5 Å². The molecule has 0 saturated heterocycles. The van der Waals surface area contributed by atoms with E-state index < -0.39 is 12.3 Å². The molecule has 0 spiro atoms. The summed E-state index contributed by atoms with van der Waals surface area (Å²) in [4.78, 5) is 0. The number of likely N-dealkylation sites (N-methyl/N-ethyl adjacent to an activating group) is 1. The second kappa shape index (κ2) is 4.80. The van der Waals surface area contributed by atoms with Crippen molar-refractivity contribution in [2.24, 2.45) is 0 Å². The van der Waals surface area contributed by atoms with Crippen LogP contribution in [0.1, 0.15) is 26.7 Å². The second-order valence-electron chi connectivity index (χ2n) is 4.01. The van der Waals surface area contributed by atoms with Crippen molar-refractivity contribution >= 4 is 0 Å². The molecule has 0 fully saturated rings.